The number of allylic oxidation sites excluding steroid dienone is 2. The molecule has 0 unspecified atom stereocenters. The summed E-state index contributed by atoms with van der Waals surface area (Å²) >= 11 is 1.69. The highest BCUT2D eigenvalue weighted by Crippen LogP contribution is 2.20. The van der Waals surface area contributed by atoms with Crippen molar-refractivity contribution in [2.24, 2.45) is 11.6 Å². The van der Waals surface area contributed by atoms with Gasteiger partial charge in [-0.3, -0.25) is 10.1 Å². The molecule has 0 aliphatic carbocycles. The zero-order valence-corrected chi connectivity index (χ0v) is 11.8. The lowest BCUT2D eigenvalue weighted by atomic mass is 10.2. The van der Waals surface area contributed by atoms with Gasteiger partial charge in [-0.2, -0.15) is 0 Å². The number of rotatable bonds is 5. The first kappa shape index (κ1) is 14.6. The Morgan fingerprint density at radius 1 is 1.28 bits per heavy atom. The maximum atomic E-state index is 5.67. The van der Waals surface area contributed by atoms with E-state index >= 15 is 0 Å². The average Bonchev–Trinajstić information content (AvgIpc) is 2.31. The highest BCUT2D eigenvalue weighted by atomic mass is 32.2. The molecule has 0 saturated carbocycles. The van der Waals surface area contributed by atoms with Gasteiger partial charge in [0.15, 0.2) is 0 Å². The SMILES string of the molecule is C/C(N)=C(\C=C\c1ccc(SN(C)C)cc1)NN. The molecule has 1 rings (SSSR count). The molecule has 0 spiro atoms. The van der Waals surface area contributed by atoms with Gasteiger partial charge in [-0.05, 0) is 56.7 Å². The van der Waals surface area contributed by atoms with Gasteiger partial charge in [0.1, 0.15) is 0 Å². The Morgan fingerprint density at radius 2 is 1.89 bits per heavy atom. The van der Waals surface area contributed by atoms with Gasteiger partial charge in [0.2, 0.25) is 0 Å². The summed E-state index contributed by atoms with van der Waals surface area (Å²) < 4.78 is 2.06. The standard InChI is InChI=1S/C13H20N4S/c1-10(14)13(16-15)9-6-11-4-7-12(8-5-11)18-17(2)3/h4-9,16H,14-15H2,1-3H3/b9-6+,13-10-. The summed E-state index contributed by atoms with van der Waals surface area (Å²) in [5.74, 6) is 5.37. The van der Waals surface area contributed by atoms with Crippen LogP contribution in [0.3, 0.4) is 0 Å². The van der Waals surface area contributed by atoms with Crippen molar-refractivity contribution in [3.63, 3.8) is 0 Å². The number of benzene rings is 1. The fraction of sp³-hybridized carbons (Fsp3) is 0.231. The quantitative estimate of drug-likeness (QED) is 0.328. The number of nitrogens with one attached hydrogen (secondary N) is 1. The van der Waals surface area contributed by atoms with Crippen LogP contribution in [0, 0.1) is 0 Å². The van der Waals surface area contributed by atoms with Crippen LogP contribution in [0.25, 0.3) is 6.08 Å². The predicted octanol–water partition coefficient (Wildman–Crippen LogP) is 1.92. The summed E-state index contributed by atoms with van der Waals surface area (Å²) in [7, 11) is 4.04. The number of nitrogens with two attached hydrogens (primary N) is 2. The third-order valence-corrected chi connectivity index (χ3v) is 3.04. The Morgan fingerprint density at radius 3 is 2.33 bits per heavy atom. The van der Waals surface area contributed by atoms with Crippen molar-refractivity contribution in [1.29, 1.82) is 0 Å². The highest BCUT2D eigenvalue weighted by Gasteiger charge is 1.96. The largest absolute Gasteiger partial charge is 0.401 e. The van der Waals surface area contributed by atoms with Crippen LogP contribution in [-0.2, 0) is 0 Å². The molecule has 0 radical (unpaired) electrons. The number of nitrogens with zero attached hydrogens (tertiary/aromatic N) is 1. The Bertz CT molecular complexity index is 431. The van der Waals surface area contributed by atoms with Gasteiger partial charge in [0.05, 0.1) is 5.70 Å². The number of hydrazine groups is 1. The Balaban J connectivity index is 2.75. The Kier molecular flexibility index (Phi) is 5.77. The third kappa shape index (κ3) is 4.83. The molecule has 0 heterocycles. The van der Waals surface area contributed by atoms with Crippen LogP contribution < -0.4 is 17.0 Å². The molecule has 1 aromatic carbocycles. The molecule has 0 saturated heterocycles. The molecular weight excluding hydrogens is 244 g/mol. The maximum Gasteiger partial charge on any atom is 0.0670 e. The molecule has 0 atom stereocenters. The minimum atomic E-state index is 0.661. The zero-order valence-electron chi connectivity index (χ0n) is 11.0. The normalized spacial score (nSPS) is 12.9. The average molecular weight is 264 g/mol. The summed E-state index contributed by atoms with van der Waals surface area (Å²) in [6.07, 6.45) is 3.83. The molecular formula is C13H20N4S. The lowest BCUT2D eigenvalue weighted by Gasteiger charge is -2.08. The second-order valence-electron chi connectivity index (χ2n) is 4.05. The van der Waals surface area contributed by atoms with Crippen molar-refractivity contribution in [2.45, 2.75) is 11.8 Å². The first-order valence-corrected chi connectivity index (χ1v) is 6.36. The smallest absolute Gasteiger partial charge is 0.0670 e. The molecule has 0 aromatic heterocycles. The van der Waals surface area contributed by atoms with Gasteiger partial charge < -0.3 is 11.2 Å². The highest BCUT2D eigenvalue weighted by molar-refractivity contribution is 7.97. The molecule has 5 heteroatoms. The summed E-state index contributed by atoms with van der Waals surface area (Å²) in [5.41, 5.74) is 10.7. The lowest BCUT2D eigenvalue weighted by molar-refractivity contribution is 0.702. The summed E-state index contributed by atoms with van der Waals surface area (Å²) in [6, 6.07) is 8.28. The van der Waals surface area contributed by atoms with Crippen LogP contribution in [0.1, 0.15) is 12.5 Å². The minimum absolute atomic E-state index is 0.661. The van der Waals surface area contributed by atoms with Crippen LogP contribution in [0.5, 0.6) is 0 Å². The molecule has 18 heavy (non-hydrogen) atoms. The first-order chi connectivity index (χ1) is 8.52. The Labute approximate surface area is 113 Å². The Hall–Kier alpha value is -1.43. The van der Waals surface area contributed by atoms with Crippen LogP contribution in [0.15, 0.2) is 46.6 Å². The van der Waals surface area contributed by atoms with E-state index < -0.39 is 0 Å². The second kappa shape index (κ2) is 7.10. The third-order valence-electron chi connectivity index (χ3n) is 2.19. The molecule has 4 nitrogen and oxygen atoms in total. The molecule has 0 fully saturated rings. The van der Waals surface area contributed by atoms with Gasteiger partial charge in [0, 0.05) is 10.6 Å². The summed E-state index contributed by atoms with van der Waals surface area (Å²) in [6.45, 7) is 1.80. The van der Waals surface area contributed by atoms with Crippen molar-refractivity contribution in [3.05, 3.63) is 47.3 Å². The fourth-order valence-corrected chi connectivity index (χ4v) is 2.00. The topological polar surface area (TPSA) is 67.3 Å². The van der Waals surface area contributed by atoms with Crippen LogP contribution >= 0.6 is 11.9 Å². The van der Waals surface area contributed by atoms with Gasteiger partial charge >= 0.3 is 0 Å². The van der Waals surface area contributed by atoms with E-state index in [4.69, 9.17) is 11.6 Å². The molecule has 0 bridgehead atoms. The van der Waals surface area contributed by atoms with E-state index in [2.05, 4.69) is 34.0 Å². The predicted molar refractivity (Wildman–Crippen MR) is 79.2 cm³/mol. The second-order valence-corrected chi connectivity index (χ2v) is 5.43. The molecule has 1 aromatic rings. The molecule has 0 aliphatic heterocycles. The van der Waals surface area contributed by atoms with Crippen molar-refractivity contribution >= 4 is 18.0 Å². The van der Waals surface area contributed by atoms with Crippen LogP contribution in [0.4, 0.5) is 0 Å². The van der Waals surface area contributed by atoms with Crippen molar-refractivity contribution in [3.8, 4) is 0 Å². The van der Waals surface area contributed by atoms with Gasteiger partial charge in [-0.1, -0.05) is 18.2 Å². The van der Waals surface area contributed by atoms with Gasteiger partial charge in [-0.15, -0.1) is 0 Å². The molecule has 0 amide bonds. The van der Waals surface area contributed by atoms with Crippen molar-refractivity contribution in [2.75, 3.05) is 14.1 Å². The van der Waals surface area contributed by atoms with Crippen LogP contribution in [0.2, 0.25) is 0 Å². The number of hydrogen-bond donors (Lipinski definition) is 3. The minimum Gasteiger partial charge on any atom is -0.401 e. The van der Waals surface area contributed by atoms with Crippen molar-refractivity contribution < 1.29 is 0 Å². The first-order valence-electron chi connectivity index (χ1n) is 5.59. The van der Waals surface area contributed by atoms with E-state index in [1.54, 1.807) is 18.9 Å². The molecule has 98 valence electrons. The van der Waals surface area contributed by atoms with Gasteiger partial charge in [0.25, 0.3) is 0 Å². The molecule has 0 aliphatic rings. The van der Waals surface area contributed by atoms with Gasteiger partial charge in [-0.25, -0.2) is 0 Å². The van der Waals surface area contributed by atoms with E-state index in [0.717, 1.165) is 11.3 Å². The van der Waals surface area contributed by atoms with E-state index in [-0.39, 0.29) is 0 Å². The summed E-state index contributed by atoms with van der Waals surface area (Å²) in [5, 5.41) is 0. The van der Waals surface area contributed by atoms with E-state index in [1.165, 1.54) is 4.90 Å². The maximum absolute atomic E-state index is 5.67. The lowest BCUT2D eigenvalue weighted by Crippen LogP contribution is -2.22. The monoisotopic (exact) mass is 264 g/mol. The summed E-state index contributed by atoms with van der Waals surface area (Å²) in [4.78, 5) is 1.21. The zero-order chi connectivity index (χ0) is 13.5. The van der Waals surface area contributed by atoms with E-state index in [9.17, 15) is 0 Å². The van der Waals surface area contributed by atoms with Crippen LogP contribution in [-0.4, -0.2) is 18.4 Å². The van der Waals surface area contributed by atoms with E-state index in [1.807, 2.05) is 26.2 Å². The van der Waals surface area contributed by atoms with Crippen molar-refractivity contribution in [1.82, 2.24) is 9.73 Å². The molecule has 5 N–H and O–H groups in total. The fourth-order valence-electron chi connectivity index (χ4n) is 1.32. The number of hydrogen-bond acceptors (Lipinski definition) is 5. The van der Waals surface area contributed by atoms with E-state index in [0.29, 0.717) is 5.70 Å².